The highest BCUT2D eigenvalue weighted by atomic mass is 35.5. The summed E-state index contributed by atoms with van der Waals surface area (Å²) in [6.07, 6.45) is 1.20. The van der Waals surface area contributed by atoms with Crippen LogP contribution in [-0.4, -0.2) is 16.6 Å². The molecular weight excluding hydrogens is 185 g/mol. The Morgan fingerprint density at radius 3 is 2.91 bits per heavy atom. The van der Waals surface area contributed by atoms with Gasteiger partial charge in [-0.1, -0.05) is 0 Å². The van der Waals surface area contributed by atoms with Gasteiger partial charge in [0.25, 0.3) is 0 Å². The third-order valence-corrected chi connectivity index (χ3v) is 2.39. The molecule has 1 aromatic rings. The minimum atomic E-state index is -0.305. The van der Waals surface area contributed by atoms with E-state index in [2.05, 4.69) is 4.98 Å². The van der Waals surface area contributed by atoms with Gasteiger partial charge in [-0.2, -0.15) is 0 Å². The maximum atomic E-state index is 12.3. The SMILES string of the molecule is Fc1ccc(SCCCl)nc1. The van der Waals surface area contributed by atoms with Crippen molar-refractivity contribution in [2.75, 3.05) is 11.6 Å². The summed E-state index contributed by atoms with van der Waals surface area (Å²) >= 11 is 6.98. The highest BCUT2D eigenvalue weighted by molar-refractivity contribution is 7.99. The Bertz CT molecular complexity index is 214. The van der Waals surface area contributed by atoms with Crippen molar-refractivity contribution in [1.29, 1.82) is 0 Å². The van der Waals surface area contributed by atoms with Crippen molar-refractivity contribution in [3.05, 3.63) is 24.1 Å². The van der Waals surface area contributed by atoms with E-state index in [1.807, 2.05) is 0 Å². The average Bonchev–Trinajstić information content (AvgIpc) is 2.04. The molecule has 0 aliphatic carbocycles. The molecular formula is C7H7ClFNS. The van der Waals surface area contributed by atoms with Crippen molar-refractivity contribution in [2.45, 2.75) is 5.03 Å². The molecule has 1 aromatic heterocycles. The molecule has 0 spiro atoms. The number of rotatable bonds is 3. The molecule has 0 saturated carbocycles. The van der Waals surface area contributed by atoms with E-state index in [1.165, 1.54) is 24.0 Å². The molecule has 1 heterocycles. The zero-order valence-corrected chi connectivity index (χ0v) is 7.33. The van der Waals surface area contributed by atoms with Crippen LogP contribution in [0.5, 0.6) is 0 Å². The van der Waals surface area contributed by atoms with Crippen molar-refractivity contribution in [3.8, 4) is 0 Å². The van der Waals surface area contributed by atoms with E-state index in [0.717, 1.165) is 10.8 Å². The summed E-state index contributed by atoms with van der Waals surface area (Å²) in [5, 5.41) is 0.812. The first-order valence-corrected chi connectivity index (χ1v) is 4.65. The van der Waals surface area contributed by atoms with Crippen molar-refractivity contribution >= 4 is 23.4 Å². The van der Waals surface area contributed by atoms with E-state index in [0.29, 0.717) is 5.88 Å². The van der Waals surface area contributed by atoms with Crippen LogP contribution in [0.2, 0.25) is 0 Å². The highest BCUT2D eigenvalue weighted by Gasteiger charge is 1.94. The van der Waals surface area contributed by atoms with Crippen LogP contribution in [0.1, 0.15) is 0 Å². The van der Waals surface area contributed by atoms with Crippen molar-refractivity contribution in [2.24, 2.45) is 0 Å². The zero-order valence-electron chi connectivity index (χ0n) is 5.76. The van der Waals surface area contributed by atoms with E-state index >= 15 is 0 Å². The quantitative estimate of drug-likeness (QED) is 0.538. The third kappa shape index (κ3) is 3.08. The summed E-state index contributed by atoms with van der Waals surface area (Å²) < 4.78 is 12.3. The summed E-state index contributed by atoms with van der Waals surface area (Å²) in [6, 6.07) is 3.04. The van der Waals surface area contributed by atoms with Crippen LogP contribution >= 0.6 is 23.4 Å². The second-order valence-corrected chi connectivity index (χ2v) is 3.35. The minimum Gasteiger partial charge on any atom is -0.247 e. The first kappa shape index (κ1) is 8.81. The van der Waals surface area contributed by atoms with Crippen LogP contribution in [0.3, 0.4) is 0 Å². The Morgan fingerprint density at radius 1 is 1.55 bits per heavy atom. The standard InChI is InChI=1S/C7H7ClFNS/c8-3-4-11-7-2-1-6(9)5-10-7/h1-2,5H,3-4H2. The van der Waals surface area contributed by atoms with Crippen LogP contribution in [-0.2, 0) is 0 Å². The first-order valence-electron chi connectivity index (χ1n) is 3.13. The molecule has 0 aromatic carbocycles. The predicted octanol–water partition coefficient (Wildman–Crippen LogP) is 2.55. The molecule has 4 heteroatoms. The fourth-order valence-corrected chi connectivity index (χ4v) is 1.40. The molecule has 1 nitrogen and oxygen atoms in total. The molecule has 0 amide bonds. The molecule has 0 bridgehead atoms. The number of nitrogens with zero attached hydrogens (tertiary/aromatic N) is 1. The number of thioether (sulfide) groups is 1. The topological polar surface area (TPSA) is 12.9 Å². The lowest BCUT2D eigenvalue weighted by Crippen LogP contribution is -1.84. The number of aromatic nitrogens is 1. The summed E-state index contributed by atoms with van der Waals surface area (Å²) in [7, 11) is 0. The minimum absolute atomic E-state index is 0.305. The number of hydrogen-bond acceptors (Lipinski definition) is 2. The molecule has 0 atom stereocenters. The second-order valence-electron chi connectivity index (χ2n) is 1.85. The molecule has 0 unspecified atom stereocenters. The third-order valence-electron chi connectivity index (χ3n) is 1.03. The van der Waals surface area contributed by atoms with Crippen LogP contribution in [0.25, 0.3) is 0 Å². The van der Waals surface area contributed by atoms with E-state index in [-0.39, 0.29) is 5.82 Å². The van der Waals surface area contributed by atoms with Crippen LogP contribution < -0.4 is 0 Å². The van der Waals surface area contributed by atoms with Gasteiger partial charge in [-0.15, -0.1) is 23.4 Å². The van der Waals surface area contributed by atoms with Gasteiger partial charge in [-0.25, -0.2) is 9.37 Å². The number of hydrogen-bond donors (Lipinski definition) is 0. The van der Waals surface area contributed by atoms with Crippen molar-refractivity contribution in [1.82, 2.24) is 4.98 Å². The first-order chi connectivity index (χ1) is 5.33. The summed E-state index contributed by atoms with van der Waals surface area (Å²) in [6.45, 7) is 0. The lowest BCUT2D eigenvalue weighted by Gasteiger charge is -1.95. The maximum absolute atomic E-state index is 12.3. The van der Waals surface area contributed by atoms with E-state index in [9.17, 15) is 4.39 Å². The molecule has 0 aliphatic heterocycles. The summed E-state index contributed by atoms with van der Waals surface area (Å²) in [5.41, 5.74) is 0. The number of pyridine rings is 1. The van der Waals surface area contributed by atoms with Gasteiger partial charge >= 0.3 is 0 Å². The molecule has 0 saturated heterocycles. The van der Waals surface area contributed by atoms with Gasteiger partial charge in [0.15, 0.2) is 0 Å². The Balaban J connectivity index is 2.52. The molecule has 11 heavy (non-hydrogen) atoms. The molecule has 0 N–H and O–H groups in total. The molecule has 1 rings (SSSR count). The largest absolute Gasteiger partial charge is 0.247 e. The fourth-order valence-electron chi connectivity index (χ4n) is 0.591. The van der Waals surface area contributed by atoms with Crippen molar-refractivity contribution in [3.63, 3.8) is 0 Å². The van der Waals surface area contributed by atoms with Crippen LogP contribution in [0.15, 0.2) is 23.4 Å². The Hall–Kier alpha value is -0.280. The monoisotopic (exact) mass is 191 g/mol. The lowest BCUT2D eigenvalue weighted by molar-refractivity contribution is 0.618. The molecule has 0 radical (unpaired) electrons. The normalized spacial score (nSPS) is 10.0. The van der Waals surface area contributed by atoms with Gasteiger partial charge in [0, 0.05) is 11.6 Å². The second kappa shape index (κ2) is 4.57. The van der Waals surface area contributed by atoms with Gasteiger partial charge in [-0.3, -0.25) is 0 Å². The molecule has 0 aliphatic rings. The Labute approximate surface area is 74.0 Å². The summed E-state index contributed by atoms with van der Waals surface area (Å²) in [5.74, 6) is 1.09. The number of alkyl halides is 1. The lowest BCUT2D eigenvalue weighted by atomic mass is 10.5. The van der Waals surface area contributed by atoms with Crippen LogP contribution in [0.4, 0.5) is 4.39 Å². The predicted molar refractivity (Wildman–Crippen MR) is 45.6 cm³/mol. The van der Waals surface area contributed by atoms with E-state index < -0.39 is 0 Å². The fraction of sp³-hybridized carbons (Fsp3) is 0.286. The van der Waals surface area contributed by atoms with E-state index in [4.69, 9.17) is 11.6 Å². The Kier molecular flexibility index (Phi) is 3.66. The van der Waals surface area contributed by atoms with Gasteiger partial charge in [0.1, 0.15) is 5.82 Å². The smallest absolute Gasteiger partial charge is 0.141 e. The summed E-state index contributed by atoms with van der Waals surface area (Å²) in [4.78, 5) is 3.85. The van der Waals surface area contributed by atoms with Gasteiger partial charge < -0.3 is 0 Å². The molecule has 0 fully saturated rings. The van der Waals surface area contributed by atoms with Crippen LogP contribution in [0, 0.1) is 5.82 Å². The molecule has 60 valence electrons. The maximum Gasteiger partial charge on any atom is 0.141 e. The average molecular weight is 192 g/mol. The highest BCUT2D eigenvalue weighted by Crippen LogP contribution is 2.14. The Morgan fingerprint density at radius 2 is 2.36 bits per heavy atom. The van der Waals surface area contributed by atoms with E-state index in [1.54, 1.807) is 6.07 Å². The number of halogens is 2. The van der Waals surface area contributed by atoms with Gasteiger partial charge in [0.2, 0.25) is 0 Å². The van der Waals surface area contributed by atoms with Gasteiger partial charge in [-0.05, 0) is 12.1 Å². The van der Waals surface area contributed by atoms with Crippen molar-refractivity contribution < 1.29 is 4.39 Å². The zero-order chi connectivity index (χ0) is 8.10. The van der Waals surface area contributed by atoms with Gasteiger partial charge in [0.05, 0.1) is 11.2 Å².